The van der Waals surface area contributed by atoms with Crippen LogP contribution in [0.5, 0.6) is 5.75 Å². The molecule has 132 valence electrons. The molecule has 0 saturated heterocycles. The van der Waals surface area contributed by atoms with Gasteiger partial charge in [-0.25, -0.2) is 0 Å². The maximum atomic E-state index is 5.41. The fourth-order valence-corrected chi connectivity index (χ4v) is 3.74. The van der Waals surface area contributed by atoms with Crippen molar-refractivity contribution in [1.82, 2.24) is 30.3 Å². The van der Waals surface area contributed by atoms with Crippen molar-refractivity contribution in [1.29, 1.82) is 0 Å². The monoisotopic (exact) mass is 386 g/mol. The van der Waals surface area contributed by atoms with Gasteiger partial charge in [0.05, 0.1) is 22.9 Å². The molecule has 0 aliphatic rings. The van der Waals surface area contributed by atoms with Gasteiger partial charge in [0.2, 0.25) is 16.9 Å². The normalized spacial score (nSPS) is 12.2. The Morgan fingerprint density at radius 1 is 1.23 bits per heavy atom. The Bertz CT molecular complexity index is 981. The molecule has 0 saturated carbocycles. The van der Waals surface area contributed by atoms with Crippen LogP contribution in [0.2, 0.25) is 0 Å². The Kier molecular flexibility index (Phi) is 4.67. The predicted molar refractivity (Wildman–Crippen MR) is 97.6 cm³/mol. The van der Waals surface area contributed by atoms with Gasteiger partial charge in [0.1, 0.15) is 5.75 Å². The van der Waals surface area contributed by atoms with Crippen LogP contribution in [-0.2, 0) is 0 Å². The van der Waals surface area contributed by atoms with Gasteiger partial charge in [-0.3, -0.25) is 0 Å². The molecule has 0 N–H and O–H groups in total. The highest BCUT2D eigenvalue weighted by molar-refractivity contribution is 7.99. The molecule has 0 aliphatic carbocycles. The zero-order valence-electron chi connectivity index (χ0n) is 13.9. The minimum absolute atomic E-state index is 0.0980. The zero-order chi connectivity index (χ0) is 17.9. The number of thiophene rings is 1. The highest BCUT2D eigenvalue weighted by atomic mass is 32.2. The molecule has 0 spiro atoms. The molecule has 3 aromatic heterocycles. The summed E-state index contributed by atoms with van der Waals surface area (Å²) in [7, 11) is 1.63. The molecule has 1 aromatic carbocycles. The lowest BCUT2D eigenvalue weighted by Gasteiger charge is -2.07. The molecule has 0 radical (unpaired) electrons. The fourth-order valence-electron chi connectivity index (χ4n) is 2.25. The first kappa shape index (κ1) is 16.7. The fraction of sp³-hybridized carbons (Fsp3) is 0.188. The molecule has 4 aromatic rings. The van der Waals surface area contributed by atoms with E-state index in [1.165, 1.54) is 11.8 Å². The summed E-state index contributed by atoms with van der Waals surface area (Å²) in [4.78, 5) is 5.45. The van der Waals surface area contributed by atoms with Gasteiger partial charge in [-0.1, -0.05) is 23.0 Å². The summed E-state index contributed by atoms with van der Waals surface area (Å²) >= 11 is 3.02. The second-order valence-corrected chi connectivity index (χ2v) is 7.52. The van der Waals surface area contributed by atoms with Crippen LogP contribution in [0.4, 0.5) is 0 Å². The summed E-state index contributed by atoms with van der Waals surface area (Å²) < 4.78 is 12.2. The molecule has 3 heterocycles. The lowest BCUT2D eigenvalue weighted by Crippen LogP contribution is -2.00. The van der Waals surface area contributed by atoms with Gasteiger partial charge < -0.3 is 9.26 Å². The molecule has 0 amide bonds. The smallest absolute Gasteiger partial charge is 0.240 e. The molecule has 0 fully saturated rings. The standard InChI is InChI=1S/C16H14N6O2S2/c1-10(15-17-14(19-24-15)13-4-3-9-25-13)26-16-18-20-21-22(16)11-5-7-12(23-2)8-6-11/h3-10H,1-2H3. The van der Waals surface area contributed by atoms with Gasteiger partial charge in [0, 0.05) is 0 Å². The Labute approximate surface area is 157 Å². The highest BCUT2D eigenvalue weighted by Gasteiger charge is 2.20. The number of ether oxygens (including phenoxy) is 1. The Hall–Kier alpha value is -2.72. The van der Waals surface area contributed by atoms with Crippen molar-refractivity contribution in [2.75, 3.05) is 7.11 Å². The van der Waals surface area contributed by atoms with E-state index in [0.717, 1.165) is 16.3 Å². The average Bonchev–Trinajstić information content (AvgIpc) is 3.42. The molecule has 10 heteroatoms. The number of benzene rings is 1. The van der Waals surface area contributed by atoms with Gasteiger partial charge in [-0.2, -0.15) is 9.67 Å². The first-order valence-corrected chi connectivity index (χ1v) is 9.47. The summed E-state index contributed by atoms with van der Waals surface area (Å²) in [6.07, 6.45) is 0. The third-order valence-corrected chi connectivity index (χ3v) is 5.46. The van der Waals surface area contributed by atoms with E-state index in [4.69, 9.17) is 9.26 Å². The maximum Gasteiger partial charge on any atom is 0.240 e. The first-order valence-electron chi connectivity index (χ1n) is 7.71. The van der Waals surface area contributed by atoms with Gasteiger partial charge >= 0.3 is 0 Å². The van der Waals surface area contributed by atoms with Gasteiger partial charge in [-0.15, -0.1) is 16.4 Å². The third kappa shape index (κ3) is 3.33. The number of rotatable bonds is 6. The number of nitrogens with zero attached hydrogens (tertiary/aromatic N) is 6. The van der Waals surface area contributed by atoms with Crippen molar-refractivity contribution in [3.8, 4) is 22.1 Å². The van der Waals surface area contributed by atoms with Crippen LogP contribution in [0.15, 0.2) is 51.5 Å². The van der Waals surface area contributed by atoms with Crippen molar-refractivity contribution in [2.24, 2.45) is 0 Å². The predicted octanol–water partition coefficient (Wildman–Crippen LogP) is 3.64. The van der Waals surface area contributed by atoms with Crippen molar-refractivity contribution in [2.45, 2.75) is 17.3 Å². The van der Waals surface area contributed by atoms with Gasteiger partial charge in [-0.05, 0) is 53.1 Å². The van der Waals surface area contributed by atoms with Crippen LogP contribution >= 0.6 is 23.1 Å². The SMILES string of the molecule is COc1ccc(-n2nnnc2SC(C)c2nc(-c3cccs3)no2)cc1. The largest absolute Gasteiger partial charge is 0.497 e. The van der Waals surface area contributed by atoms with E-state index in [1.54, 1.807) is 23.1 Å². The van der Waals surface area contributed by atoms with Crippen LogP contribution in [0.3, 0.4) is 0 Å². The van der Waals surface area contributed by atoms with Crippen molar-refractivity contribution >= 4 is 23.1 Å². The topological polar surface area (TPSA) is 91.8 Å². The molecular weight excluding hydrogens is 372 g/mol. The number of tetrazole rings is 1. The second kappa shape index (κ2) is 7.26. The van der Waals surface area contributed by atoms with Crippen molar-refractivity contribution < 1.29 is 9.26 Å². The molecule has 8 nitrogen and oxygen atoms in total. The van der Waals surface area contributed by atoms with E-state index in [-0.39, 0.29) is 5.25 Å². The van der Waals surface area contributed by atoms with Gasteiger partial charge in [0.25, 0.3) is 0 Å². The summed E-state index contributed by atoms with van der Waals surface area (Å²) in [5, 5.41) is 18.5. The number of aromatic nitrogens is 6. The molecule has 4 rings (SSSR count). The molecule has 26 heavy (non-hydrogen) atoms. The van der Waals surface area contributed by atoms with Crippen LogP contribution < -0.4 is 4.74 Å². The van der Waals surface area contributed by atoms with E-state index >= 15 is 0 Å². The first-order chi connectivity index (χ1) is 12.7. The Balaban J connectivity index is 1.53. The minimum Gasteiger partial charge on any atom is -0.497 e. The van der Waals surface area contributed by atoms with Crippen LogP contribution in [0.1, 0.15) is 18.1 Å². The lowest BCUT2D eigenvalue weighted by molar-refractivity contribution is 0.380. The number of thioether (sulfide) groups is 1. The van der Waals surface area contributed by atoms with Crippen molar-refractivity contribution in [3.63, 3.8) is 0 Å². The average molecular weight is 386 g/mol. The van der Waals surface area contributed by atoms with E-state index in [1.807, 2.05) is 48.7 Å². The highest BCUT2D eigenvalue weighted by Crippen LogP contribution is 2.34. The van der Waals surface area contributed by atoms with E-state index in [0.29, 0.717) is 16.9 Å². The quantitative estimate of drug-likeness (QED) is 0.464. The van der Waals surface area contributed by atoms with Crippen LogP contribution in [-0.4, -0.2) is 37.5 Å². The van der Waals surface area contributed by atoms with E-state index in [9.17, 15) is 0 Å². The Morgan fingerprint density at radius 3 is 2.81 bits per heavy atom. The van der Waals surface area contributed by atoms with Gasteiger partial charge in [0.15, 0.2) is 0 Å². The minimum atomic E-state index is -0.0980. The lowest BCUT2D eigenvalue weighted by atomic mass is 10.3. The van der Waals surface area contributed by atoms with E-state index in [2.05, 4.69) is 25.7 Å². The number of hydrogen-bond donors (Lipinski definition) is 0. The second-order valence-electron chi connectivity index (χ2n) is 5.26. The summed E-state index contributed by atoms with van der Waals surface area (Å²) in [5.41, 5.74) is 0.843. The number of methoxy groups -OCH3 is 1. The maximum absolute atomic E-state index is 5.41. The summed E-state index contributed by atoms with van der Waals surface area (Å²) in [6, 6.07) is 11.4. The Morgan fingerprint density at radius 2 is 2.08 bits per heavy atom. The summed E-state index contributed by atoms with van der Waals surface area (Å²) in [6.45, 7) is 1.98. The van der Waals surface area contributed by atoms with Crippen LogP contribution in [0, 0.1) is 0 Å². The molecular formula is C16H14N6O2S2. The molecule has 1 atom stereocenters. The van der Waals surface area contributed by atoms with Crippen LogP contribution in [0.25, 0.3) is 16.4 Å². The third-order valence-electron chi connectivity index (χ3n) is 3.57. The summed E-state index contributed by atoms with van der Waals surface area (Å²) in [5.74, 6) is 1.90. The molecule has 0 bridgehead atoms. The number of hydrogen-bond acceptors (Lipinski definition) is 9. The van der Waals surface area contributed by atoms with Crippen molar-refractivity contribution in [3.05, 3.63) is 47.7 Å². The molecule has 0 aliphatic heterocycles. The molecule has 1 unspecified atom stereocenters. The zero-order valence-corrected chi connectivity index (χ0v) is 15.6. The van der Waals surface area contributed by atoms with E-state index < -0.39 is 0 Å².